The molecule has 0 radical (unpaired) electrons. The van der Waals surface area contributed by atoms with Gasteiger partial charge in [0.2, 0.25) is 0 Å². The van der Waals surface area contributed by atoms with Gasteiger partial charge in [-0.15, -0.1) is 11.3 Å². The Labute approximate surface area is 413 Å². The Morgan fingerprint density at radius 2 is 0.957 bits per heavy atom. The van der Waals surface area contributed by atoms with E-state index in [4.69, 9.17) is 0 Å². The molecule has 0 amide bonds. The van der Waals surface area contributed by atoms with Gasteiger partial charge in [0.1, 0.15) is 0 Å². The van der Waals surface area contributed by atoms with Crippen LogP contribution in [0.4, 0.5) is 34.1 Å². The number of aryl methyl sites for hydroxylation is 2. The van der Waals surface area contributed by atoms with Gasteiger partial charge in [0.25, 0.3) is 6.71 Å². The first-order chi connectivity index (χ1) is 33.0. The summed E-state index contributed by atoms with van der Waals surface area (Å²) in [5.74, 6) is 0. The topological polar surface area (TPSA) is 6.48 Å². The van der Waals surface area contributed by atoms with E-state index in [9.17, 15) is 0 Å². The van der Waals surface area contributed by atoms with Crippen molar-refractivity contribution in [1.29, 1.82) is 0 Å². The van der Waals surface area contributed by atoms with Gasteiger partial charge in [-0.1, -0.05) is 159 Å². The molecule has 2 aliphatic heterocycles. The molecule has 0 spiro atoms. The Morgan fingerprint density at radius 3 is 1.68 bits per heavy atom. The first kappa shape index (κ1) is 42.7. The molecule has 8 aromatic carbocycles. The maximum atomic E-state index is 2.74. The normalized spacial score (nSPS) is 17.6. The average molecular weight is 913 g/mol. The molecule has 0 N–H and O–H groups in total. The van der Waals surface area contributed by atoms with Crippen molar-refractivity contribution in [3.8, 4) is 22.3 Å². The Balaban J connectivity index is 1.21. The highest BCUT2D eigenvalue weighted by molar-refractivity contribution is 7.26. The largest absolute Gasteiger partial charge is 0.311 e. The molecule has 2 nitrogen and oxygen atoms in total. The molecule has 4 heteroatoms. The fraction of sp³-hybridized carbons (Fsp3) is 0.262. The summed E-state index contributed by atoms with van der Waals surface area (Å²) in [4.78, 5) is 5.40. The van der Waals surface area contributed by atoms with E-state index in [0.29, 0.717) is 0 Å². The maximum absolute atomic E-state index is 2.74. The predicted molar refractivity (Wildman–Crippen MR) is 300 cm³/mol. The summed E-state index contributed by atoms with van der Waals surface area (Å²) in [5.41, 5.74) is 25.5. The molecule has 0 atom stereocenters. The minimum Gasteiger partial charge on any atom is -0.311 e. The third-order valence-electron chi connectivity index (χ3n) is 17.1. The summed E-state index contributed by atoms with van der Waals surface area (Å²) < 4.78 is 2.67. The SMILES string of the molecule is Cc1ccccc1-c1cc2c3c(c1)N(c1ccccc1-c1ccccc1)c1cc4c(cc1B3c1cc3c(cc1N2c1cc2c(cc1C)C(C)(C)CCC2(C)C)C(C)(C)CC3(C)C)sc1ccccc14. The van der Waals surface area contributed by atoms with Crippen LogP contribution < -0.4 is 26.2 Å². The molecule has 2 aliphatic carbocycles. The summed E-state index contributed by atoms with van der Waals surface area (Å²) in [6, 6.07) is 58.9. The second-order valence-electron chi connectivity index (χ2n) is 23.6. The van der Waals surface area contributed by atoms with Crippen molar-refractivity contribution in [2.24, 2.45) is 0 Å². The van der Waals surface area contributed by atoms with Crippen molar-refractivity contribution < 1.29 is 0 Å². The minimum atomic E-state index is -0.00459. The van der Waals surface area contributed by atoms with E-state index in [1.54, 1.807) is 0 Å². The number of rotatable bonds is 4. The number of anilines is 6. The van der Waals surface area contributed by atoms with Crippen molar-refractivity contribution in [2.45, 2.75) is 110 Å². The first-order valence-corrected chi connectivity index (χ1v) is 26.1. The van der Waals surface area contributed by atoms with Crippen LogP contribution in [0.25, 0.3) is 42.4 Å². The van der Waals surface area contributed by atoms with E-state index in [2.05, 4.69) is 231 Å². The van der Waals surface area contributed by atoms with Gasteiger partial charge in [-0.25, -0.2) is 0 Å². The van der Waals surface area contributed by atoms with Crippen LogP contribution in [0, 0.1) is 13.8 Å². The number of thiophene rings is 1. The highest BCUT2D eigenvalue weighted by Gasteiger charge is 2.49. The Hall–Kier alpha value is -6.36. The molecule has 9 aromatic rings. The summed E-state index contributed by atoms with van der Waals surface area (Å²) in [6.45, 7) is 24.5. The van der Waals surface area contributed by atoms with E-state index in [0.717, 1.165) is 6.42 Å². The molecule has 3 heterocycles. The number of hydrogen-bond donors (Lipinski definition) is 0. The number of fused-ring (bicyclic) bond motifs is 9. The van der Waals surface area contributed by atoms with E-state index in [1.165, 1.54) is 139 Å². The van der Waals surface area contributed by atoms with Crippen molar-refractivity contribution >= 4 is 88.7 Å². The lowest BCUT2D eigenvalue weighted by Crippen LogP contribution is -2.61. The van der Waals surface area contributed by atoms with Crippen LogP contribution in [0.2, 0.25) is 0 Å². The number of nitrogens with zero attached hydrogens (tertiary/aromatic N) is 2. The van der Waals surface area contributed by atoms with Crippen LogP contribution in [0.1, 0.15) is 108 Å². The predicted octanol–water partition coefficient (Wildman–Crippen LogP) is 16.4. The van der Waals surface area contributed by atoms with Crippen molar-refractivity contribution in [2.75, 3.05) is 9.80 Å². The zero-order chi connectivity index (χ0) is 47.5. The van der Waals surface area contributed by atoms with Crippen LogP contribution in [0.5, 0.6) is 0 Å². The van der Waals surface area contributed by atoms with Gasteiger partial charge in [0.15, 0.2) is 0 Å². The lowest BCUT2D eigenvalue weighted by molar-refractivity contribution is 0.332. The molecule has 13 rings (SSSR count). The highest BCUT2D eigenvalue weighted by Crippen LogP contribution is 2.56. The summed E-state index contributed by atoms with van der Waals surface area (Å²) in [6.07, 6.45) is 3.47. The van der Waals surface area contributed by atoms with E-state index in [1.807, 2.05) is 11.3 Å². The van der Waals surface area contributed by atoms with E-state index in [-0.39, 0.29) is 28.4 Å². The fourth-order valence-electron chi connectivity index (χ4n) is 13.7. The molecular weight excluding hydrogens is 852 g/mol. The van der Waals surface area contributed by atoms with Gasteiger partial charge in [-0.3, -0.25) is 0 Å². The molecule has 340 valence electrons. The smallest absolute Gasteiger partial charge is 0.252 e. The Kier molecular flexibility index (Phi) is 9.04. The molecule has 0 bridgehead atoms. The van der Waals surface area contributed by atoms with Crippen molar-refractivity contribution in [3.63, 3.8) is 0 Å². The van der Waals surface area contributed by atoms with Gasteiger partial charge in [0, 0.05) is 54.2 Å². The molecule has 69 heavy (non-hydrogen) atoms. The third kappa shape index (κ3) is 6.23. The average Bonchev–Trinajstić information content (AvgIpc) is 3.78. The number of hydrogen-bond acceptors (Lipinski definition) is 3. The van der Waals surface area contributed by atoms with Gasteiger partial charge in [0.05, 0.1) is 5.69 Å². The summed E-state index contributed by atoms with van der Waals surface area (Å²) in [7, 11) is 0. The van der Waals surface area contributed by atoms with Gasteiger partial charge < -0.3 is 9.80 Å². The minimum absolute atomic E-state index is 0.00459. The van der Waals surface area contributed by atoms with Crippen LogP contribution in [-0.2, 0) is 21.7 Å². The molecule has 1 aromatic heterocycles. The quantitative estimate of drug-likeness (QED) is 0.162. The lowest BCUT2D eigenvalue weighted by Gasteiger charge is -2.47. The van der Waals surface area contributed by atoms with Gasteiger partial charge >= 0.3 is 0 Å². The molecule has 0 fully saturated rings. The van der Waals surface area contributed by atoms with Crippen molar-refractivity contribution in [1.82, 2.24) is 0 Å². The van der Waals surface area contributed by atoms with Crippen LogP contribution in [0.15, 0.2) is 152 Å². The van der Waals surface area contributed by atoms with Crippen LogP contribution >= 0.6 is 11.3 Å². The Morgan fingerprint density at radius 1 is 0.406 bits per heavy atom. The Bertz CT molecular complexity index is 3640. The second kappa shape index (κ2) is 14.6. The van der Waals surface area contributed by atoms with Gasteiger partial charge in [-0.05, 0) is 170 Å². The lowest BCUT2D eigenvalue weighted by atomic mass is 9.33. The highest BCUT2D eigenvalue weighted by atomic mass is 32.1. The van der Waals surface area contributed by atoms with Crippen molar-refractivity contribution in [3.05, 3.63) is 185 Å². The summed E-state index contributed by atoms with van der Waals surface area (Å²) in [5, 5.41) is 2.64. The van der Waals surface area contributed by atoms with E-state index >= 15 is 0 Å². The second-order valence-corrected chi connectivity index (χ2v) is 24.7. The standard InChI is InChI=1S/C65H61BN2S/c1-39-20-14-15-23-43(39)42-31-57-61-58(32-42)68(54-35-49-47(30-40(54)2)62(3,4)28-29-63(49,5)6)56-36-50-48(64(7,8)38-65(50,9)10)34-51(56)66(61)52-37-60-46(45-25-17-19-27-59(45)69-60)33-55(52)67(57)53-26-18-16-24-44(53)41-21-12-11-13-22-41/h11-27,30-37H,28-29,38H2,1-10H3. The molecule has 0 unspecified atom stereocenters. The number of benzene rings is 8. The maximum Gasteiger partial charge on any atom is 0.252 e. The molecule has 4 aliphatic rings. The zero-order valence-corrected chi connectivity index (χ0v) is 42.8. The summed E-state index contributed by atoms with van der Waals surface area (Å²) >= 11 is 1.93. The zero-order valence-electron chi connectivity index (χ0n) is 41.9. The fourth-order valence-corrected chi connectivity index (χ4v) is 14.9. The van der Waals surface area contributed by atoms with Gasteiger partial charge in [-0.2, -0.15) is 0 Å². The molecule has 0 saturated heterocycles. The monoisotopic (exact) mass is 912 g/mol. The molecule has 0 saturated carbocycles. The van der Waals surface area contributed by atoms with Crippen LogP contribution in [0.3, 0.4) is 0 Å². The third-order valence-corrected chi connectivity index (χ3v) is 18.3. The number of para-hydroxylation sites is 1. The van der Waals surface area contributed by atoms with Crippen LogP contribution in [-0.4, -0.2) is 6.71 Å². The first-order valence-electron chi connectivity index (χ1n) is 25.3. The van der Waals surface area contributed by atoms with E-state index < -0.39 is 0 Å². The molecular formula is C65H61BN2S.